The highest BCUT2D eigenvalue weighted by molar-refractivity contribution is 5.90. The fraction of sp³-hybridized carbons (Fsp3) is 0.500. The number of nitrogens with one attached hydrogen (secondary N) is 1. The first-order chi connectivity index (χ1) is 10.2. The van der Waals surface area contributed by atoms with Gasteiger partial charge in [0.25, 0.3) is 0 Å². The molecular formula is C16H24N2O4. The first kappa shape index (κ1) is 17.8. The molecule has 122 valence electrons. The number of hydrogen-bond donors (Lipinski definition) is 2. The maximum atomic E-state index is 11.8. The van der Waals surface area contributed by atoms with E-state index in [4.69, 9.17) is 15.2 Å². The third kappa shape index (κ3) is 6.03. The topological polar surface area (TPSA) is 90.6 Å². The summed E-state index contributed by atoms with van der Waals surface area (Å²) in [6.45, 7) is 7.47. The molecule has 0 heterocycles. The number of aryl methyl sites for hydroxylation is 1. The van der Waals surface area contributed by atoms with Crippen molar-refractivity contribution in [2.24, 2.45) is 0 Å². The number of esters is 1. The molecule has 0 atom stereocenters. The van der Waals surface area contributed by atoms with Crippen LogP contribution in [0.5, 0.6) is 0 Å². The van der Waals surface area contributed by atoms with Gasteiger partial charge in [-0.3, -0.25) is 10.1 Å². The maximum Gasteiger partial charge on any atom is 0.412 e. The highest BCUT2D eigenvalue weighted by Crippen LogP contribution is 2.24. The Hall–Kier alpha value is -2.24. The van der Waals surface area contributed by atoms with Crippen LogP contribution in [-0.4, -0.2) is 24.3 Å². The molecule has 1 amide bonds. The predicted molar refractivity (Wildman–Crippen MR) is 85.7 cm³/mol. The molecule has 1 aromatic carbocycles. The lowest BCUT2D eigenvalue weighted by atomic mass is 10.1. The largest absolute Gasteiger partial charge is 0.466 e. The molecule has 0 radical (unpaired) electrons. The first-order valence-corrected chi connectivity index (χ1v) is 7.26. The summed E-state index contributed by atoms with van der Waals surface area (Å²) in [5.74, 6) is -0.271. The van der Waals surface area contributed by atoms with Crippen molar-refractivity contribution in [1.82, 2.24) is 0 Å². The minimum atomic E-state index is -0.583. The Morgan fingerprint density at radius 1 is 1.27 bits per heavy atom. The summed E-state index contributed by atoms with van der Waals surface area (Å²) in [5, 5.41) is 2.62. The number of nitrogen functional groups attached to an aromatic ring is 1. The van der Waals surface area contributed by atoms with E-state index in [0.717, 1.165) is 5.56 Å². The molecule has 0 aliphatic carbocycles. The first-order valence-electron chi connectivity index (χ1n) is 7.26. The lowest BCUT2D eigenvalue weighted by Gasteiger charge is -2.20. The predicted octanol–water partition coefficient (Wildman–Crippen LogP) is 3.11. The number of carbonyl (C=O) groups is 2. The lowest BCUT2D eigenvalue weighted by molar-refractivity contribution is -0.143. The molecule has 3 N–H and O–H groups in total. The van der Waals surface area contributed by atoms with Gasteiger partial charge in [-0.1, -0.05) is 12.1 Å². The van der Waals surface area contributed by atoms with Crippen molar-refractivity contribution < 1.29 is 19.1 Å². The zero-order valence-corrected chi connectivity index (χ0v) is 13.6. The van der Waals surface area contributed by atoms with Crippen LogP contribution in [0.4, 0.5) is 16.2 Å². The van der Waals surface area contributed by atoms with Crippen LogP contribution in [0.15, 0.2) is 18.2 Å². The van der Waals surface area contributed by atoms with Gasteiger partial charge in [-0.25, -0.2) is 4.79 Å². The van der Waals surface area contributed by atoms with Gasteiger partial charge >= 0.3 is 12.1 Å². The number of carbonyl (C=O) groups excluding carboxylic acids is 2. The molecule has 0 saturated heterocycles. The molecule has 6 nitrogen and oxygen atoms in total. The molecule has 0 fully saturated rings. The average Bonchev–Trinajstić information content (AvgIpc) is 2.38. The Bertz CT molecular complexity index is 535. The van der Waals surface area contributed by atoms with Crippen LogP contribution in [0.3, 0.4) is 0 Å². The van der Waals surface area contributed by atoms with Crippen LogP contribution in [0.2, 0.25) is 0 Å². The number of hydrogen-bond acceptors (Lipinski definition) is 5. The second-order valence-electron chi connectivity index (χ2n) is 5.81. The number of para-hydroxylation sites is 1. The van der Waals surface area contributed by atoms with Gasteiger partial charge in [0.1, 0.15) is 5.60 Å². The molecule has 0 saturated carbocycles. The van der Waals surface area contributed by atoms with Gasteiger partial charge in [-0.2, -0.15) is 0 Å². The molecule has 22 heavy (non-hydrogen) atoms. The Balaban J connectivity index is 2.72. The van der Waals surface area contributed by atoms with Crippen LogP contribution in [-0.2, 0) is 20.7 Å². The fourth-order valence-corrected chi connectivity index (χ4v) is 1.82. The Labute approximate surface area is 131 Å². The molecular weight excluding hydrogens is 284 g/mol. The minimum absolute atomic E-state index is 0.244. The van der Waals surface area contributed by atoms with E-state index >= 15 is 0 Å². The normalized spacial score (nSPS) is 10.9. The van der Waals surface area contributed by atoms with Gasteiger partial charge in [0.15, 0.2) is 0 Å². The Morgan fingerprint density at radius 3 is 2.55 bits per heavy atom. The van der Waals surface area contributed by atoms with Crippen molar-refractivity contribution in [3.8, 4) is 0 Å². The summed E-state index contributed by atoms with van der Waals surface area (Å²) in [4.78, 5) is 23.2. The number of ether oxygens (including phenoxy) is 2. The van der Waals surface area contributed by atoms with Crippen LogP contribution in [0.25, 0.3) is 0 Å². The number of amides is 1. The third-order valence-electron chi connectivity index (χ3n) is 2.74. The fourth-order valence-electron chi connectivity index (χ4n) is 1.82. The summed E-state index contributed by atoms with van der Waals surface area (Å²) in [6, 6.07) is 5.27. The van der Waals surface area contributed by atoms with E-state index in [-0.39, 0.29) is 12.4 Å². The average molecular weight is 308 g/mol. The van der Waals surface area contributed by atoms with E-state index in [1.54, 1.807) is 39.8 Å². The summed E-state index contributed by atoms with van der Waals surface area (Å²) >= 11 is 0. The van der Waals surface area contributed by atoms with E-state index in [1.165, 1.54) is 0 Å². The van der Waals surface area contributed by atoms with Gasteiger partial charge < -0.3 is 15.2 Å². The highest BCUT2D eigenvalue weighted by atomic mass is 16.6. The molecule has 0 spiro atoms. The maximum absolute atomic E-state index is 11.8. The molecule has 0 aromatic heterocycles. The lowest BCUT2D eigenvalue weighted by Crippen LogP contribution is -2.27. The zero-order valence-electron chi connectivity index (χ0n) is 13.6. The molecule has 0 bridgehead atoms. The van der Waals surface area contributed by atoms with E-state index in [2.05, 4.69) is 5.32 Å². The van der Waals surface area contributed by atoms with Gasteiger partial charge in [-0.15, -0.1) is 0 Å². The van der Waals surface area contributed by atoms with Gasteiger partial charge in [0.2, 0.25) is 0 Å². The van der Waals surface area contributed by atoms with Crippen molar-refractivity contribution in [2.45, 2.75) is 46.1 Å². The zero-order chi connectivity index (χ0) is 16.8. The van der Waals surface area contributed by atoms with Crippen LogP contribution < -0.4 is 11.1 Å². The van der Waals surface area contributed by atoms with Crippen molar-refractivity contribution in [3.05, 3.63) is 23.8 Å². The minimum Gasteiger partial charge on any atom is -0.466 e. The van der Waals surface area contributed by atoms with Gasteiger partial charge in [0.05, 0.1) is 18.0 Å². The molecule has 0 aliphatic heterocycles. The van der Waals surface area contributed by atoms with Crippen LogP contribution in [0.1, 0.15) is 39.7 Å². The van der Waals surface area contributed by atoms with Crippen LogP contribution >= 0.6 is 0 Å². The number of anilines is 2. The van der Waals surface area contributed by atoms with E-state index < -0.39 is 11.7 Å². The van der Waals surface area contributed by atoms with Crippen molar-refractivity contribution >= 4 is 23.4 Å². The summed E-state index contributed by atoms with van der Waals surface area (Å²) in [7, 11) is 0. The molecule has 1 rings (SSSR count). The highest BCUT2D eigenvalue weighted by Gasteiger charge is 2.17. The molecule has 0 aliphatic rings. The summed E-state index contributed by atoms with van der Waals surface area (Å²) in [6.07, 6.45) is 0.129. The van der Waals surface area contributed by atoms with E-state index in [0.29, 0.717) is 24.4 Å². The second kappa shape index (κ2) is 7.68. The summed E-state index contributed by atoms with van der Waals surface area (Å²) < 4.78 is 10.1. The van der Waals surface area contributed by atoms with E-state index in [9.17, 15) is 9.59 Å². The summed E-state index contributed by atoms with van der Waals surface area (Å²) in [5.41, 5.74) is 7.13. The Morgan fingerprint density at radius 2 is 1.95 bits per heavy atom. The SMILES string of the molecule is CCOC(=O)CCc1cccc(NC(=O)OC(C)(C)C)c1N. The van der Waals surface area contributed by atoms with Crippen molar-refractivity contribution in [2.75, 3.05) is 17.7 Å². The van der Waals surface area contributed by atoms with Gasteiger partial charge in [-0.05, 0) is 45.7 Å². The third-order valence-corrected chi connectivity index (χ3v) is 2.74. The van der Waals surface area contributed by atoms with Crippen molar-refractivity contribution in [1.29, 1.82) is 0 Å². The molecule has 0 unspecified atom stereocenters. The smallest absolute Gasteiger partial charge is 0.412 e. The monoisotopic (exact) mass is 308 g/mol. The number of rotatable bonds is 5. The van der Waals surface area contributed by atoms with Gasteiger partial charge in [0, 0.05) is 6.42 Å². The molecule has 6 heteroatoms. The van der Waals surface area contributed by atoms with Crippen LogP contribution in [0, 0.1) is 0 Å². The molecule has 1 aromatic rings. The number of benzene rings is 1. The Kier molecular flexibility index (Phi) is 6.22. The number of nitrogens with two attached hydrogens (primary N) is 1. The standard InChI is InChI=1S/C16H24N2O4/c1-5-21-13(19)10-9-11-7-6-8-12(14(11)17)18-15(20)22-16(2,3)4/h6-8H,5,9-10,17H2,1-4H3,(H,18,20). The quantitative estimate of drug-likeness (QED) is 0.644. The second-order valence-corrected chi connectivity index (χ2v) is 5.81. The van der Waals surface area contributed by atoms with Crippen molar-refractivity contribution in [3.63, 3.8) is 0 Å². The van der Waals surface area contributed by atoms with E-state index in [1.807, 2.05) is 6.07 Å².